The fraction of sp³-hybridized carbons (Fsp3) is 0.185. The summed E-state index contributed by atoms with van der Waals surface area (Å²) in [6.45, 7) is 0. The van der Waals surface area contributed by atoms with E-state index in [1.54, 1.807) is 61.1 Å². The first kappa shape index (κ1) is 25.0. The molecule has 184 valence electrons. The number of nitrogens with one attached hydrogen (secondary N) is 1. The number of nitrogens with zero attached hydrogens (tertiary/aromatic N) is 4. The maximum Gasteiger partial charge on any atom is 0.274 e. The molecule has 1 heterocycles. The van der Waals surface area contributed by atoms with Gasteiger partial charge >= 0.3 is 0 Å². The van der Waals surface area contributed by atoms with Gasteiger partial charge in [0.2, 0.25) is 5.91 Å². The van der Waals surface area contributed by atoms with Gasteiger partial charge in [0, 0.05) is 24.1 Å². The first-order chi connectivity index (χ1) is 17.5. The van der Waals surface area contributed by atoms with E-state index in [-0.39, 0.29) is 11.6 Å². The highest BCUT2D eigenvalue weighted by molar-refractivity contribution is 7.98. The monoisotopic (exact) mass is 501 g/mol. The van der Waals surface area contributed by atoms with Gasteiger partial charge < -0.3 is 15.0 Å². The van der Waals surface area contributed by atoms with Crippen molar-refractivity contribution in [3.05, 3.63) is 102 Å². The molecule has 0 saturated carbocycles. The summed E-state index contributed by atoms with van der Waals surface area (Å²) in [5, 5.41) is 10.9. The summed E-state index contributed by atoms with van der Waals surface area (Å²) in [4.78, 5) is 29.1. The third-order valence-corrected chi connectivity index (χ3v) is 6.55. The van der Waals surface area contributed by atoms with Crippen molar-refractivity contribution in [1.82, 2.24) is 20.3 Å². The second-order valence-electron chi connectivity index (χ2n) is 8.04. The van der Waals surface area contributed by atoms with Crippen molar-refractivity contribution in [3.8, 4) is 5.75 Å². The summed E-state index contributed by atoms with van der Waals surface area (Å²) in [6.07, 6.45) is 1.92. The Labute approximate surface area is 214 Å². The second-order valence-corrected chi connectivity index (χ2v) is 9.06. The molecule has 4 aromatic rings. The minimum Gasteiger partial charge on any atom is -0.497 e. The van der Waals surface area contributed by atoms with Gasteiger partial charge in [0.05, 0.1) is 19.2 Å². The first-order valence-corrected chi connectivity index (χ1v) is 12.4. The van der Waals surface area contributed by atoms with Crippen molar-refractivity contribution in [2.24, 2.45) is 0 Å². The molecule has 1 atom stereocenters. The number of amides is 2. The number of rotatable bonds is 10. The molecule has 1 aromatic heterocycles. The lowest BCUT2D eigenvalue weighted by Gasteiger charge is -2.25. The Morgan fingerprint density at radius 3 is 2.33 bits per heavy atom. The fourth-order valence-electron chi connectivity index (χ4n) is 3.57. The molecule has 2 amide bonds. The smallest absolute Gasteiger partial charge is 0.274 e. The van der Waals surface area contributed by atoms with Crippen LogP contribution in [0, 0.1) is 0 Å². The highest BCUT2D eigenvalue weighted by Crippen LogP contribution is 2.20. The molecule has 1 N–H and O–H groups in total. The minimum absolute atomic E-state index is 0.154. The van der Waals surface area contributed by atoms with Crippen LogP contribution in [0.1, 0.15) is 16.1 Å². The van der Waals surface area contributed by atoms with E-state index in [1.165, 1.54) is 4.90 Å². The molecule has 0 bridgehead atoms. The lowest BCUT2D eigenvalue weighted by molar-refractivity contribution is -0.120. The van der Waals surface area contributed by atoms with Crippen LogP contribution in [0.5, 0.6) is 5.75 Å². The van der Waals surface area contributed by atoms with Gasteiger partial charge in [-0.3, -0.25) is 9.59 Å². The number of hydrogen-bond donors (Lipinski definition) is 1. The zero-order valence-corrected chi connectivity index (χ0v) is 20.9. The van der Waals surface area contributed by atoms with E-state index in [0.717, 1.165) is 10.5 Å². The van der Waals surface area contributed by atoms with Crippen LogP contribution in [0.4, 0.5) is 5.69 Å². The zero-order valence-electron chi connectivity index (χ0n) is 20.1. The topological polar surface area (TPSA) is 89.4 Å². The van der Waals surface area contributed by atoms with Crippen LogP contribution in [0.2, 0.25) is 0 Å². The summed E-state index contributed by atoms with van der Waals surface area (Å²) < 4.78 is 6.81. The second kappa shape index (κ2) is 12.0. The number of anilines is 1. The molecule has 4 rings (SSSR count). The SMILES string of the molecule is COc1ccc(N(C)C(=O)[C@H](Cc2ccccc2)NC(=O)c2cn(CSc3ccccc3)nn2)cc1. The molecule has 0 radical (unpaired) electrons. The normalized spacial score (nSPS) is 11.5. The number of likely N-dealkylation sites (N-methyl/N-ethyl adjacent to an activating group) is 1. The van der Waals surface area contributed by atoms with E-state index in [1.807, 2.05) is 60.7 Å². The van der Waals surface area contributed by atoms with Crippen molar-refractivity contribution in [2.75, 3.05) is 19.1 Å². The quantitative estimate of drug-likeness (QED) is 0.330. The van der Waals surface area contributed by atoms with Gasteiger partial charge in [-0.05, 0) is 42.0 Å². The Bertz CT molecular complexity index is 1280. The number of aromatic nitrogens is 3. The van der Waals surface area contributed by atoms with Gasteiger partial charge in [0.15, 0.2) is 5.69 Å². The molecule has 0 aliphatic rings. The van der Waals surface area contributed by atoms with E-state index in [9.17, 15) is 9.59 Å². The number of carbonyl (C=O) groups excluding carboxylic acids is 2. The predicted molar refractivity (Wildman–Crippen MR) is 140 cm³/mol. The van der Waals surface area contributed by atoms with Crippen LogP contribution in [0.15, 0.2) is 96.0 Å². The van der Waals surface area contributed by atoms with Crippen LogP contribution in [-0.2, 0) is 17.1 Å². The minimum atomic E-state index is -0.796. The average molecular weight is 502 g/mol. The van der Waals surface area contributed by atoms with Crippen LogP contribution < -0.4 is 15.0 Å². The van der Waals surface area contributed by atoms with Crippen molar-refractivity contribution >= 4 is 29.3 Å². The van der Waals surface area contributed by atoms with Gasteiger partial charge in [0.25, 0.3) is 5.91 Å². The Kier molecular flexibility index (Phi) is 8.36. The Hall–Kier alpha value is -4.11. The zero-order chi connectivity index (χ0) is 25.3. The summed E-state index contributed by atoms with van der Waals surface area (Å²) in [5.74, 6) is 0.506. The standard InChI is InChI=1S/C27H27N5O3S/c1-31(21-13-15-22(35-2)16-14-21)27(34)24(17-20-9-5-3-6-10-20)28-26(33)25-18-32(30-29-25)19-36-23-11-7-4-8-12-23/h3-16,18,24H,17,19H2,1-2H3,(H,28,33)/t24-/m0/s1. The van der Waals surface area contributed by atoms with E-state index in [4.69, 9.17) is 4.74 Å². The van der Waals surface area contributed by atoms with Gasteiger partial charge in [-0.2, -0.15) is 0 Å². The number of carbonyl (C=O) groups is 2. The van der Waals surface area contributed by atoms with Gasteiger partial charge in [-0.15, -0.1) is 16.9 Å². The number of hydrogen-bond acceptors (Lipinski definition) is 6. The highest BCUT2D eigenvalue weighted by atomic mass is 32.2. The third kappa shape index (κ3) is 6.51. The molecule has 0 aliphatic carbocycles. The summed E-state index contributed by atoms with van der Waals surface area (Å²) >= 11 is 1.58. The van der Waals surface area contributed by atoms with Crippen molar-refractivity contribution < 1.29 is 14.3 Å². The van der Waals surface area contributed by atoms with Gasteiger partial charge in [-0.25, -0.2) is 4.68 Å². The summed E-state index contributed by atoms with van der Waals surface area (Å²) in [5.41, 5.74) is 1.78. The Morgan fingerprint density at radius 2 is 1.67 bits per heavy atom. The Morgan fingerprint density at radius 1 is 1.00 bits per heavy atom. The van der Waals surface area contributed by atoms with Crippen LogP contribution in [0.25, 0.3) is 0 Å². The molecule has 0 unspecified atom stereocenters. The van der Waals surface area contributed by atoms with Crippen LogP contribution in [-0.4, -0.2) is 47.0 Å². The number of methoxy groups -OCH3 is 1. The molecule has 3 aromatic carbocycles. The summed E-state index contributed by atoms with van der Waals surface area (Å²) in [6, 6.07) is 25.9. The first-order valence-electron chi connectivity index (χ1n) is 11.4. The molecular formula is C27H27N5O3S. The third-order valence-electron chi connectivity index (χ3n) is 5.55. The lowest BCUT2D eigenvalue weighted by atomic mass is 10.0. The van der Waals surface area contributed by atoms with Crippen molar-refractivity contribution in [1.29, 1.82) is 0 Å². The Balaban J connectivity index is 1.47. The largest absolute Gasteiger partial charge is 0.497 e. The molecular weight excluding hydrogens is 474 g/mol. The molecule has 8 nitrogen and oxygen atoms in total. The predicted octanol–water partition coefficient (Wildman–Crippen LogP) is 4.04. The van der Waals surface area contributed by atoms with Crippen LogP contribution >= 0.6 is 11.8 Å². The van der Waals surface area contributed by atoms with Crippen molar-refractivity contribution in [2.45, 2.75) is 23.2 Å². The van der Waals surface area contributed by atoms with E-state index in [0.29, 0.717) is 23.7 Å². The van der Waals surface area contributed by atoms with E-state index < -0.39 is 11.9 Å². The molecule has 9 heteroatoms. The number of thioether (sulfide) groups is 1. The maximum absolute atomic E-state index is 13.5. The maximum atomic E-state index is 13.5. The molecule has 36 heavy (non-hydrogen) atoms. The highest BCUT2D eigenvalue weighted by Gasteiger charge is 2.27. The van der Waals surface area contributed by atoms with Gasteiger partial charge in [0.1, 0.15) is 11.8 Å². The molecule has 0 aliphatic heterocycles. The van der Waals surface area contributed by atoms with E-state index >= 15 is 0 Å². The molecule has 0 spiro atoms. The van der Waals surface area contributed by atoms with E-state index in [2.05, 4.69) is 15.6 Å². The van der Waals surface area contributed by atoms with Gasteiger partial charge in [-0.1, -0.05) is 53.7 Å². The van der Waals surface area contributed by atoms with Crippen molar-refractivity contribution in [3.63, 3.8) is 0 Å². The van der Waals surface area contributed by atoms with Crippen LogP contribution in [0.3, 0.4) is 0 Å². The average Bonchev–Trinajstić information content (AvgIpc) is 3.41. The lowest BCUT2D eigenvalue weighted by Crippen LogP contribution is -2.48. The molecule has 0 saturated heterocycles. The fourth-order valence-corrected chi connectivity index (χ4v) is 4.33. The number of ether oxygens (including phenoxy) is 1. The summed E-state index contributed by atoms with van der Waals surface area (Å²) in [7, 11) is 3.28. The number of benzene rings is 3. The molecule has 0 fully saturated rings.